The van der Waals surface area contributed by atoms with E-state index in [1.54, 1.807) is 11.3 Å². The van der Waals surface area contributed by atoms with Crippen molar-refractivity contribution in [1.29, 1.82) is 0 Å². The topological polar surface area (TPSA) is 55.1 Å². The van der Waals surface area contributed by atoms with E-state index >= 15 is 0 Å². The fraction of sp³-hybridized carbons (Fsp3) is 0.267. The predicted molar refractivity (Wildman–Crippen MR) is 78.4 cm³/mol. The van der Waals surface area contributed by atoms with Gasteiger partial charge >= 0.3 is 0 Å². The SMILES string of the molecule is CC1(C)C(=O)Nc2ccc(C(N)c3cccs3)cc21. The molecule has 0 aliphatic carbocycles. The zero-order valence-corrected chi connectivity index (χ0v) is 11.8. The second-order valence-electron chi connectivity index (χ2n) is 5.38. The van der Waals surface area contributed by atoms with Crippen LogP contribution in [0.15, 0.2) is 35.7 Å². The van der Waals surface area contributed by atoms with Gasteiger partial charge in [-0.1, -0.05) is 18.2 Å². The van der Waals surface area contributed by atoms with Gasteiger partial charge in [-0.2, -0.15) is 0 Å². The summed E-state index contributed by atoms with van der Waals surface area (Å²) in [5, 5.41) is 4.94. The average molecular weight is 272 g/mol. The van der Waals surface area contributed by atoms with Crippen LogP contribution in [0.25, 0.3) is 0 Å². The number of hydrogen-bond acceptors (Lipinski definition) is 3. The minimum absolute atomic E-state index is 0.0457. The molecule has 19 heavy (non-hydrogen) atoms. The maximum absolute atomic E-state index is 11.9. The molecule has 1 amide bonds. The second-order valence-corrected chi connectivity index (χ2v) is 6.36. The van der Waals surface area contributed by atoms with Crippen molar-refractivity contribution >= 4 is 22.9 Å². The lowest BCUT2D eigenvalue weighted by Gasteiger charge is -2.17. The highest BCUT2D eigenvalue weighted by atomic mass is 32.1. The van der Waals surface area contributed by atoms with Gasteiger partial charge in [0.15, 0.2) is 0 Å². The summed E-state index contributed by atoms with van der Waals surface area (Å²) in [5.74, 6) is 0.0457. The number of amides is 1. The Balaban J connectivity index is 2.04. The van der Waals surface area contributed by atoms with Gasteiger partial charge in [-0.05, 0) is 42.5 Å². The van der Waals surface area contributed by atoms with Crippen molar-refractivity contribution in [2.24, 2.45) is 5.73 Å². The van der Waals surface area contributed by atoms with Crippen LogP contribution in [0.5, 0.6) is 0 Å². The van der Waals surface area contributed by atoms with Crippen LogP contribution in [0.4, 0.5) is 5.69 Å². The maximum Gasteiger partial charge on any atom is 0.234 e. The first kappa shape index (κ1) is 12.4. The van der Waals surface area contributed by atoms with Gasteiger partial charge in [0.25, 0.3) is 0 Å². The number of nitrogens with one attached hydrogen (secondary N) is 1. The third-order valence-electron chi connectivity index (χ3n) is 3.74. The maximum atomic E-state index is 11.9. The van der Waals surface area contributed by atoms with Crippen LogP contribution in [0.2, 0.25) is 0 Å². The van der Waals surface area contributed by atoms with Crippen LogP contribution >= 0.6 is 11.3 Å². The molecule has 0 saturated carbocycles. The summed E-state index contributed by atoms with van der Waals surface area (Å²) in [5.41, 5.74) is 8.77. The first-order valence-corrected chi connectivity index (χ1v) is 7.13. The molecular weight excluding hydrogens is 256 g/mol. The van der Waals surface area contributed by atoms with E-state index in [2.05, 4.69) is 11.4 Å². The Labute approximate surface area is 116 Å². The van der Waals surface area contributed by atoms with Crippen LogP contribution in [-0.4, -0.2) is 5.91 Å². The molecular formula is C15H16N2OS. The number of carbonyl (C=O) groups is 1. The number of anilines is 1. The van der Waals surface area contributed by atoms with Crippen molar-refractivity contribution < 1.29 is 4.79 Å². The van der Waals surface area contributed by atoms with Crippen molar-refractivity contribution in [3.8, 4) is 0 Å². The zero-order valence-electron chi connectivity index (χ0n) is 10.9. The third-order valence-corrected chi connectivity index (χ3v) is 4.70. The quantitative estimate of drug-likeness (QED) is 0.883. The Morgan fingerprint density at radius 2 is 2.11 bits per heavy atom. The third kappa shape index (κ3) is 1.88. The summed E-state index contributed by atoms with van der Waals surface area (Å²) in [4.78, 5) is 13.1. The smallest absolute Gasteiger partial charge is 0.234 e. The number of carbonyl (C=O) groups excluding carboxylic acids is 1. The van der Waals surface area contributed by atoms with Crippen molar-refractivity contribution in [3.05, 3.63) is 51.7 Å². The van der Waals surface area contributed by atoms with E-state index in [1.807, 2.05) is 43.5 Å². The lowest BCUT2D eigenvalue weighted by Crippen LogP contribution is -2.27. The highest BCUT2D eigenvalue weighted by molar-refractivity contribution is 7.10. The molecule has 1 atom stereocenters. The molecule has 0 saturated heterocycles. The lowest BCUT2D eigenvalue weighted by atomic mass is 9.84. The van der Waals surface area contributed by atoms with Crippen LogP contribution in [0.1, 0.15) is 35.9 Å². The molecule has 1 aromatic heterocycles. The summed E-state index contributed by atoms with van der Waals surface area (Å²) in [6.45, 7) is 3.88. The summed E-state index contributed by atoms with van der Waals surface area (Å²) >= 11 is 1.65. The van der Waals surface area contributed by atoms with Crippen molar-refractivity contribution in [2.45, 2.75) is 25.3 Å². The fourth-order valence-electron chi connectivity index (χ4n) is 2.41. The molecule has 1 aliphatic rings. The van der Waals surface area contributed by atoms with Gasteiger partial charge in [0, 0.05) is 10.6 Å². The van der Waals surface area contributed by atoms with Gasteiger partial charge in [0.05, 0.1) is 11.5 Å². The first-order chi connectivity index (χ1) is 9.00. The Hall–Kier alpha value is -1.65. The van der Waals surface area contributed by atoms with Crippen molar-refractivity contribution in [1.82, 2.24) is 0 Å². The molecule has 0 bridgehead atoms. The summed E-state index contributed by atoms with van der Waals surface area (Å²) in [7, 11) is 0. The van der Waals surface area contributed by atoms with Gasteiger partial charge in [-0.3, -0.25) is 4.79 Å². The largest absolute Gasteiger partial charge is 0.325 e. The van der Waals surface area contributed by atoms with E-state index in [1.165, 1.54) is 0 Å². The Morgan fingerprint density at radius 1 is 1.32 bits per heavy atom. The van der Waals surface area contributed by atoms with E-state index in [4.69, 9.17) is 5.73 Å². The molecule has 1 aromatic carbocycles. The van der Waals surface area contributed by atoms with Crippen LogP contribution < -0.4 is 11.1 Å². The van der Waals surface area contributed by atoms with Crippen molar-refractivity contribution in [2.75, 3.05) is 5.32 Å². The first-order valence-electron chi connectivity index (χ1n) is 6.25. The molecule has 0 spiro atoms. The number of rotatable bonds is 2. The van der Waals surface area contributed by atoms with Gasteiger partial charge in [0.2, 0.25) is 5.91 Å². The fourth-order valence-corrected chi connectivity index (χ4v) is 3.17. The van der Waals surface area contributed by atoms with E-state index in [0.29, 0.717) is 0 Å². The van der Waals surface area contributed by atoms with Gasteiger partial charge < -0.3 is 11.1 Å². The molecule has 1 unspecified atom stereocenters. The number of benzene rings is 1. The summed E-state index contributed by atoms with van der Waals surface area (Å²) in [6, 6.07) is 9.91. The van der Waals surface area contributed by atoms with E-state index in [-0.39, 0.29) is 11.9 Å². The second kappa shape index (κ2) is 4.18. The molecule has 1 aliphatic heterocycles. The van der Waals surface area contributed by atoms with Crippen molar-refractivity contribution in [3.63, 3.8) is 0 Å². The average Bonchev–Trinajstić information content (AvgIpc) is 2.98. The predicted octanol–water partition coefficient (Wildman–Crippen LogP) is 3.03. The standard InChI is InChI=1S/C15H16N2OS/c1-15(2)10-8-9(5-6-11(10)17-14(15)18)13(16)12-4-3-7-19-12/h3-8,13H,16H2,1-2H3,(H,17,18). The monoisotopic (exact) mass is 272 g/mol. The van der Waals surface area contributed by atoms with Crippen LogP contribution in [-0.2, 0) is 10.2 Å². The van der Waals surface area contributed by atoms with Gasteiger partial charge in [-0.25, -0.2) is 0 Å². The van der Waals surface area contributed by atoms with E-state index in [0.717, 1.165) is 21.7 Å². The molecule has 4 heteroatoms. The lowest BCUT2D eigenvalue weighted by molar-refractivity contribution is -0.119. The highest BCUT2D eigenvalue weighted by Crippen LogP contribution is 2.39. The summed E-state index contributed by atoms with van der Waals surface area (Å²) in [6.07, 6.45) is 0. The zero-order chi connectivity index (χ0) is 13.6. The minimum atomic E-state index is -0.486. The number of thiophene rings is 1. The normalized spacial score (nSPS) is 17.9. The Kier molecular flexibility index (Phi) is 2.73. The molecule has 3 rings (SSSR count). The molecule has 2 heterocycles. The van der Waals surface area contributed by atoms with Gasteiger partial charge in [-0.15, -0.1) is 11.3 Å². The molecule has 98 valence electrons. The molecule has 0 fully saturated rings. The molecule has 3 nitrogen and oxygen atoms in total. The highest BCUT2D eigenvalue weighted by Gasteiger charge is 2.38. The molecule has 3 N–H and O–H groups in total. The number of nitrogens with two attached hydrogens (primary N) is 1. The van der Waals surface area contributed by atoms with Crippen LogP contribution in [0, 0.1) is 0 Å². The summed E-state index contributed by atoms with van der Waals surface area (Å²) < 4.78 is 0. The molecule has 0 radical (unpaired) electrons. The number of fused-ring (bicyclic) bond motifs is 1. The Morgan fingerprint density at radius 3 is 2.79 bits per heavy atom. The number of hydrogen-bond donors (Lipinski definition) is 2. The minimum Gasteiger partial charge on any atom is -0.325 e. The van der Waals surface area contributed by atoms with E-state index < -0.39 is 5.41 Å². The van der Waals surface area contributed by atoms with Crippen LogP contribution in [0.3, 0.4) is 0 Å². The molecule has 2 aromatic rings. The van der Waals surface area contributed by atoms with Gasteiger partial charge in [0.1, 0.15) is 0 Å². The Bertz CT molecular complexity index is 632. The van der Waals surface area contributed by atoms with E-state index in [9.17, 15) is 4.79 Å².